The van der Waals surface area contributed by atoms with Gasteiger partial charge in [0.1, 0.15) is 5.82 Å². The molecule has 1 aromatic rings. The molecule has 0 amide bonds. The van der Waals surface area contributed by atoms with E-state index in [-0.39, 0.29) is 5.82 Å². The molecule has 0 radical (unpaired) electrons. The van der Waals surface area contributed by atoms with E-state index in [1.807, 2.05) is 0 Å². The van der Waals surface area contributed by atoms with Gasteiger partial charge in [-0.15, -0.1) is 0 Å². The summed E-state index contributed by atoms with van der Waals surface area (Å²) >= 11 is 0. The molecule has 13 heavy (non-hydrogen) atoms. The van der Waals surface area contributed by atoms with E-state index in [0.29, 0.717) is 0 Å². The van der Waals surface area contributed by atoms with Gasteiger partial charge in [-0.05, 0) is 22.3 Å². The maximum atomic E-state index is 12.1. The summed E-state index contributed by atoms with van der Waals surface area (Å²) in [5, 5.41) is 2.96. The molecule has 68 valence electrons. The van der Waals surface area contributed by atoms with Crippen molar-refractivity contribution in [1.82, 2.24) is 4.98 Å². The van der Waals surface area contributed by atoms with Crippen molar-refractivity contribution in [3.8, 4) is 0 Å². The van der Waals surface area contributed by atoms with Gasteiger partial charge in [0.25, 0.3) is 0 Å². The van der Waals surface area contributed by atoms with Crippen LogP contribution < -0.4 is 5.59 Å². The average Bonchev–Trinajstić information content (AvgIpc) is 2.04. The van der Waals surface area contributed by atoms with Crippen LogP contribution in [0.15, 0.2) is 23.3 Å². The van der Waals surface area contributed by atoms with Gasteiger partial charge in [0, 0.05) is 4.91 Å². The lowest BCUT2D eigenvalue weighted by Crippen LogP contribution is -2.36. The molecule has 0 unspecified atom stereocenters. The van der Waals surface area contributed by atoms with E-state index in [9.17, 15) is 12.9 Å². The minimum absolute atomic E-state index is 0.279. The third-order valence-corrected chi connectivity index (χ3v) is 1.24. The molecule has 1 aromatic heterocycles. The van der Waals surface area contributed by atoms with Gasteiger partial charge in [0.15, 0.2) is 0 Å². The summed E-state index contributed by atoms with van der Waals surface area (Å²) in [5.41, 5.74) is 6.95. The smallest absolute Gasteiger partial charge is 0.444 e. The van der Waals surface area contributed by atoms with Crippen molar-refractivity contribution < 1.29 is 12.9 Å². The molecule has 0 fully saturated rings. The van der Waals surface area contributed by atoms with Gasteiger partial charge in [-0.2, -0.15) is 0 Å². The molecule has 0 aliphatic carbocycles. The number of aromatic nitrogens is 1. The summed E-state index contributed by atoms with van der Waals surface area (Å²) in [7, 11) is 0. The van der Waals surface area contributed by atoms with Gasteiger partial charge in [0.05, 0.1) is 0 Å². The predicted molar refractivity (Wildman–Crippen MR) is 41.8 cm³/mol. The third-order valence-electron chi connectivity index (χ3n) is 1.24. The molecular weight excluding hydrogens is 184 g/mol. The van der Waals surface area contributed by atoms with E-state index >= 15 is 0 Å². The Morgan fingerprint density at radius 2 is 2.08 bits per heavy atom. The molecule has 0 bridgehead atoms. The summed E-state index contributed by atoms with van der Waals surface area (Å²) in [6, 6.07) is 3.17. The van der Waals surface area contributed by atoms with Crippen molar-refractivity contribution >= 4 is 18.4 Å². The fourth-order valence-corrected chi connectivity index (χ4v) is 0.723. The molecule has 0 saturated carbocycles. The Balaban J connectivity index is 3.12. The van der Waals surface area contributed by atoms with Crippen LogP contribution >= 0.6 is 0 Å². The van der Waals surface area contributed by atoms with Gasteiger partial charge >= 0.3 is 6.98 Å². The molecule has 0 aliphatic heterocycles. The highest BCUT2D eigenvalue weighted by Crippen LogP contribution is 2.10. The van der Waals surface area contributed by atoms with Crippen LogP contribution in [0.5, 0.6) is 0 Å². The Bertz CT molecular complexity index is 357. The van der Waals surface area contributed by atoms with Crippen LogP contribution in [0.3, 0.4) is 0 Å². The highest BCUT2D eigenvalue weighted by Gasteiger charge is 2.27. The molecule has 0 aromatic carbocycles. The van der Waals surface area contributed by atoms with Crippen molar-refractivity contribution in [2.24, 2.45) is 5.11 Å². The second-order valence-electron chi connectivity index (χ2n) is 2.18. The van der Waals surface area contributed by atoms with Gasteiger partial charge in [-0.3, -0.25) is 4.98 Å². The summed E-state index contributed by atoms with van der Waals surface area (Å²) in [6.45, 7) is -5.13. The zero-order valence-corrected chi connectivity index (χ0v) is 6.23. The number of hydrogen-bond donors (Lipinski definition) is 0. The Morgan fingerprint density at radius 3 is 2.62 bits per heavy atom. The number of azide groups is 1. The summed E-state index contributed by atoms with van der Waals surface area (Å²) in [5.74, 6) is -0.279. The standard InChI is InChI=1S/C5H3BF3N4/c7-6(8,9)4-2-1-3-5(11-4)12-13-10/h1-3H/q-1. The second-order valence-corrected chi connectivity index (χ2v) is 2.18. The van der Waals surface area contributed by atoms with E-state index in [4.69, 9.17) is 5.53 Å². The molecule has 1 heterocycles. The highest BCUT2D eigenvalue weighted by atomic mass is 19.4. The van der Waals surface area contributed by atoms with E-state index < -0.39 is 12.6 Å². The number of halogens is 3. The zero-order chi connectivity index (χ0) is 9.90. The average molecular weight is 187 g/mol. The molecule has 4 nitrogen and oxygen atoms in total. The quantitative estimate of drug-likeness (QED) is 0.302. The first kappa shape index (κ1) is 9.40. The zero-order valence-electron chi connectivity index (χ0n) is 6.23. The van der Waals surface area contributed by atoms with Gasteiger partial charge in [-0.25, -0.2) is 0 Å². The lowest BCUT2D eigenvalue weighted by atomic mass is 9.86. The minimum atomic E-state index is -5.13. The van der Waals surface area contributed by atoms with E-state index in [1.54, 1.807) is 0 Å². The van der Waals surface area contributed by atoms with Crippen LogP contribution in [0, 0.1) is 0 Å². The normalized spacial score (nSPS) is 10.7. The van der Waals surface area contributed by atoms with Crippen molar-refractivity contribution in [2.45, 2.75) is 0 Å². The maximum Gasteiger partial charge on any atom is 0.527 e. The fraction of sp³-hybridized carbons (Fsp3) is 0. The number of pyridine rings is 1. The van der Waals surface area contributed by atoms with Gasteiger partial charge in [-0.1, -0.05) is 12.1 Å². The Hall–Kier alpha value is -1.69. The predicted octanol–water partition coefficient (Wildman–Crippen LogP) is 2.08. The third kappa shape index (κ3) is 2.38. The van der Waals surface area contributed by atoms with Crippen LogP contribution in [0.25, 0.3) is 10.4 Å². The molecule has 0 aliphatic rings. The number of hydrogen-bond acceptors (Lipinski definition) is 2. The number of rotatable bonds is 2. The summed E-state index contributed by atoms with van der Waals surface area (Å²) in [6.07, 6.45) is 0. The van der Waals surface area contributed by atoms with Gasteiger partial charge < -0.3 is 12.9 Å². The van der Waals surface area contributed by atoms with E-state index in [2.05, 4.69) is 15.0 Å². The van der Waals surface area contributed by atoms with E-state index in [1.165, 1.54) is 6.07 Å². The van der Waals surface area contributed by atoms with Crippen molar-refractivity contribution in [2.75, 3.05) is 0 Å². The van der Waals surface area contributed by atoms with Crippen molar-refractivity contribution in [3.05, 3.63) is 28.6 Å². The first-order chi connectivity index (χ1) is 6.04. The monoisotopic (exact) mass is 187 g/mol. The van der Waals surface area contributed by atoms with Crippen LogP contribution in [-0.4, -0.2) is 12.0 Å². The van der Waals surface area contributed by atoms with Crippen LogP contribution in [0.4, 0.5) is 18.8 Å². The van der Waals surface area contributed by atoms with Crippen LogP contribution in [0.2, 0.25) is 0 Å². The Labute approximate surface area is 71.1 Å². The summed E-state index contributed by atoms with van der Waals surface area (Å²) < 4.78 is 36.2. The Kier molecular flexibility index (Phi) is 2.43. The van der Waals surface area contributed by atoms with Gasteiger partial charge in [0.2, 0.25) is 0 Å². The molecular formula is C5H3BF3N4-. The molecule has 0 spiro atoms. The molecule has 0 N–H and O–H groups in total. The van der Waals surface area contributed by atoms with E-state index in [0.717, 1.165) is 12.1 Å². The first-order valence-electron chi connectivity index (χ1n) is 3.26. The topological polar surface area (TPSA) is 61.7 Å². The molecule has 1 rings (SSSR count). The highest BCUT2D eigenvalue weighted by molar-refractivity contribution is 6.72. The molecule has 0 atom stereocenters. The fourth-order valence-electron chi connectivity index (χ4n) is 0.723. The van der Waals surface area contributed by atoms with Crippen molar-refractivity contribution in [1.29, 1.82) is 0 Å². The second kappa shape index (κ2) is 3.36. The Morgan fingerprint density at radius 1 is 1.38 bits per heavy atom. The summed E-state index contributed by atoms with van der Waals surface area (Å²) in [4.78, 5) is 5.45. The minimum Gasteiger partial charge on any atom is -0.444 e. The molecule has 8 heteroatoms. The van der Waals surface area contributed by atoms with Crippen molar-refractivity contribution in [3.63, 3.8) is 0 Å². The van der Waals surface area contributed by atoms with Crippen LogP contribution in [0.1, 0.15) is 0 Å². The lowest BCUT2D eigenvalue weighted by Gasteiger charge is -2.12. The maximum absolute atomic E-state index is 12.1. The number of nitrogens with zero attached hydrogens (tertiary/aromatic N) is 4. The van der Waals surface area contributed by atoms with Crippen LogP contribution in [-0.2, 0) is 0 Å². The SMILES string of the molecule is [N-]=[N+]=Nc1cccc([B-](F)(F)F)n1. The first-order valence-corrected chi connectivity index (χ1v) is 3.26. The molecule has 0 saturated heterocycles. The lowest BCUT2D eigenvalue weighted by molar-refractivity contribution is 0.498. The largest absolute Gasteiger partial charge is 0.527 e.